The molecule has 1 aliphatic rings. The zero-order valence-corrected chi connectivity index (χ0v) is 18.3. The predicted octanol–water partition coefficient (Wildman–Crippen LogP) is 5.60. The molecule has 0 atom stereocenters. The smallest absolute Gasteiger partial charge is 0.270 e. The normalized spacial score (nSPS) is 13.0. The third-order valence-electron chi connectivity index (χ3n) is 4.78. The molecule has 3 aromatic carbocycles. The van der Waals surface area contributed by atoms with Crippen molar-refractivity contribution in [3.63, 3.8) is 0 Å². The number of carbonyl (C=O) groups is 1. The van der Waals surface area contributed by atoms with Crippen LogP contribution in [0.5, 0.6) is 0 Å². The summed E-state index contributed by atoms with van der Waals surface area (Å²) in [5.74, 6) is 0.366. The third-order valence-corrected chi connectivity index (χ3v) is 5.32. The highest BCUT2D eigenvalue weighted by atomic mass is 35.5. The van der Waals surface area contributed by atoms with Crippen LogP contribution in [0.15, 0.2) is 71.8 Å². The summed E-state index contributed by atoms with van der Waals surface area (Å²) in [6.07, 6.45) is 0.372. The summed E-state index contributed by atoms with van der Waals surface area (Å²) in [5.41, 5.74) is 5.28. The minimum Gasteiger partial charge on any atom is -0.294 e. The average molecular weight is 470 g/mol. The molecule has 32 heavy (non-hydrogen) atoms. The van der Waals surface area contributed by atoms with Crippen LogP contribution >= 0.6 is 23.2 Å². The minimum atomic E-state index is -0.468. The summed E-state index contributed by atoms with van der Waals surface area (Å²) in [5, 5.41) is 19.8. The molecule has 0 bridgehead atoms. The molecule has 0 radical (unpaired) electrons. The standard InChI is InChI=1S/C22H17Cl2N5O3/c1-2-21(30)14-5-3-7-17(11-14)27-25-22(15-6-4-8-18(12-15)29(31)32)26-28(27)20-10-9-16(23)13-19(20)24/h3-13H,2H2,1H3,(H,25,26). The van der Waals surface area contributed by atoms with E-state index in [4.69, 9.17) is 23.2 Å². The molecular formula is C22H17Cl2N5O3. The van der Waals surface area contributed by atoms with Gasteiger partial charge in [-0.25, -0.2) is 0 Å². The van der Waals surface area contributed by atoms with E-state index in [9.17, 15) is 14.9 Å². The summed E-state index contributed by atoms with van der Waals surface area (Å²) in [6.45, 7) is 1.80. The molecule has 0 saturated carbocycles. The van der Waals surface area contributed by atoms with Crippen molar-refractivity contribution in [3.05, 3.63) is 98.0 Å². The van der Waals surface area contributed by atoms with Gasteiger partial charge < -0.3 is 0 Å². The lowest BCUT2D eigenvalue weighted by molar-refractivity contribution is -0.384. The van der Waals surface area contributed by atoms with E-state index in [-0.39, 0.29) is 11.5 Å². The summed E-state index contributed by atoms with van der Waals surface area (Å²) >= 11 is 12.5. The van der Waals surface area contributed by atoms with E-state index in [0.29, 0.717) is 44.8 Å². The first-order valence-electron chi connectivity index (χ1n) is 9.66. The Kier molecular flexibility index (Phi) is 5.98. The summed E-state index contributed by atoms with van der Waals surface area (Å²) in [6, 6.07) is 18.2. The van der Waals surface area contributed by atoms with Crippen LogP contribution < -0.4 is 15.7 Å². The van der Waals surface area contributed by atoms with Crippen molar-refractivity contribution in [2.45, 2.75) is 13.3 Å². The van der Waals surface area contributed by atoms with Crippen LogP contribution in [0.4, 0.5) is 17.1 Å². The van der Waals surface area contributed by atoms with E-state index in [2.05, 4.69) is 10.5 Å². The number of hydrazone groups is 1. The van der Waals surface area contributed by atoms with Crippen LogP contribution in [0.3, 0.4) is 0 Å². The van der Waals surface area contributed by atoms with Gasteiger partial charge in [-0.3, -0.25) is 20.3 Å². The molecule has 1 heterocycles. The molecule has 0 unspecified atom stereocenters. The van der Waals surface area contributed by atoms with Crippen molar-refractivity contribution in [2.75, 3.05) is 10.2 Å². The number of hydrogen-bond donors (Lipinski definition) is 1. The molecule has 10 heteroatoms. The van der Waals surface area contributed by atoms with Gasteiger partial charge in [0.2, 0.25) is 0 Å². The Hall–Kier alpha value is -3.62. The topological polar surface area (TPSA) is 91.1 Å². The summed E-state index contributed by atoms with van der Waals surface area (Å²) < 4.78 is 0. The molecule has 8 nitrogen and oxygen atoms in total. The van der Waals surface area contributed by atoms with Gasteiger partial charge in [0.25, 0.3) is 5.69 Å². The largest absolute Gasteiger partial charge is 0.294 e. The van der Waals surface area contributed by atoms with Crippen molar-refractivity contribution in [3.8, 4) is 0 Å². The predicted molar refractivity (Wildman–Crippen MR) is 125 cm³/mol. The number of nitrogens with zero attached hydrogens (tertiary/aromatic N) is 4. The Morgan fingerprint density at radius 3 is 2.59 bits per heavy atom. The van der Waals surface area contributed by atoms with E-state index in [1.807, 2.05) is 0 Å². The fourth-order valence-corrected chi connectivity index (χ4v) is 3.68. The molecular weight excluding hydrogens is 453 g/mol. The van der Waals surface area contributed by atoms with Crippen molar-refractivity contribution in [2.24, 2.45) is 5.10 Å². The molecule has 4 rings (SSSR count). The summed E-state index contributed by atoms with van der Waals surface area (Å²) in [4.78, 5) is 23.0. The first-order chi connectivity index (χ1) is 15.4. The number of nitro benzene ring substituents is 1. The molecule has 162 valence electrons. The first kappa shape index (κ1) is 21.6. The molecule has 0 spiro atoms. The number of hydrazine groups is 2. The van der Waals surface area contributed by atoms with E-state index < -0.39 is 4.92 Å². The first-order valence-corrected chi connectivity index (χ1v) is 10.4. The van der Waals surface area contributed by atoms with Gasteiger partial charge in [-0.05, 0) is 30.3 Å². The second-order valence-corrected chi connectivity index (χ2v) is 7.74. The Morgan fingerprint density at radius 1 is 1.09 bits per heavy atom. The second kappa shape index (κ2) is 8.86. The van der Waals surface area contributed by atoms with Gasteiger partial charge >= 0.3 is 0 Å². The molecule has 0 aliphatic carbocycles. The van der Waals surface area contributed by atoms with Gasteiger partial charge in [0.1, 0.15) is 5.69 Å². The number of rotatable bonds is 6. The van der Waals surface area contributed by atoms with Gasteiger partial charge in [-0.2, -0.15) is 10.2 Å². The number of halogens is 2. The summed E-state index contributed by atoms with van der Waals surface area (Å²) in [7, 11) is 0. The van der Waals surface area contributed by atoms with Gasteiger partial charge in [-0.1, -0.05) is 54.4 Å². The molecule has 0 amide bonds. The van der Waals surface area contributed by atoms with Crippen LogP contribution in [-0.4, -0.2) is 16.5 Å². The van der Waals surface area contributed by atoms with Crippen LogP contribution in [0.1, 0.15) is 29.3 Å². The third kappa shape index (κ3) is 4.23. The van der Waals surface area contributed by atoms with E-state index in [1.165, 1.54) is 17.3 Å². The zero-order chi connectivity index (χ0) is 22.8. The monoisotopic (exact) mass is 469 g/mol. The highest BCUT2D eigenvalue weighted by molar-refractivity contribution is 6.36. The fraction of sp³-hybridized carbons (Fsp3) is 0.0909. The van der Waals surface area contributed by atoms with E-state index in [1.54, 1.807) is 66.6 Å². The van der Waals surface area contributed by atoms with E-state index >= 15 is 0 Å². The van der Waals surface area contributed by atoms with Crippen molar-refractivity contribution < 1.29 is 9.72 Å². The van der Waals surface area contributed by atoms with Gasteiger partial charge in [0.15, 0.2) is 11.6 Å². The van der Waals surface area contributed by atoms with Crippen LogP contribution in [0.2, 0.25) is 10.0 Å². The van der Waals surface area contributed by atoms with Crippen LogP contribution in [-0.2, 0) is 0 Å². The molecule has 1 aliphatic heterocycles. The van der Waals surface area contributed by atoms with Gasteiger partial charge in [0.05, 0.1) is 15.6 Å². The average Bonchev–Trinajstić information content (AvgIpc) is 3.24. The van der Waals surface area contributed by atoms with Crippen molar-refractivity contribution >= 4 is 51.9 Å². The number of hydrogen-bond acceptors (Lipinski definition) is 7. The number of non-ortho nitro benzene ring substituents is 1. The fourth-order valence-electron chi connectivity index (χ4n) is 3.19. The number of carbonyl (C=O) groups excluding carboxylic acids is 1. The highest BCUT2D eigenvalue weighted by Crippen LogP contribution is 2.33. The number of ketones is 1. The van der Waals surface area contributed by atoms with Crippen molar-refractivity contribution in [1.82, 2.24) is 5.43 Å². The van der Waals surface area contributed by atoms with Gasteiger partial charge in [-0.15, -0.1) is 5.10 Å². The lowest BCUT2D eigenvalue weighted by Gasteiger charge is -2.28. The highest BCUT2D eigenvalue weighted by Gasteiger charge is 2.29. The molecule has 0 saturated heterocycles. The lowest BCUT2D eigenvalue weighted by atomic mass is 10.1. The second-order valence-electron chi connectivity index (χ2n) is 6.89. The zero-order valence-electron chi connectivity index (χ0n) is 16.8. The number of Topliss-reactive ketones (excluding diaryl/α,β-unsaturated/α-hetero) is 1. The number of amidine groups is 1. The Bertz CT molecular complexity index is 1250. The number of anilines is 2. The number of benzene rings is 3. The SMILES string of the molecule is CCC(=O)c1cccc(N2N=C(c3cccc([N+](=O)[O-])c3)NN2c2ccc(Cl)cc2Cl)c1. The van der Waals surface area contributed by atoms with Gasteiger partial charge in [0, 0.05) is 34.7 Å². The van der Waals surface area contributed by atoms with Crippen molar-refractivity contribution in [1.29, 1.82) is 0 Å². The Morgan fingerprint density at radius 2 is 1.88 bits per heavy atom. The molecule has 0 aromatic heterocycles. The van der Waals surface area contributed by atoms with Crippen LogP contribution in [0.25, 0.3) is 0 Å². The minimum absolute atomic E-state index is 0.00188. The molecule has 1 N–H and O–H groups in total. The van der Waals surface area contributed by atoms with E-state index in [0.717, 1.165) is 0 Å². The molecule has 3 aromatic rings. The maximum Gasteiger partial charge on any atom is 0.270 e. The Balaban J connectivity index is 1.81. The quantitative estimate of drug-likeness (QED) is 0.287. The maximum atomic E-state index is 12.2. The maximum absolute atomic E-state index is 12.2. The Labute approximate surface area is 193 Å². The number of nitro groups is 1. The number of nitrogens with one attached hydrogen (secondary N) is 1. The molecule has 0 fully saturated rings. The van der Waals surface area contributed by atoms with Crippen LogP contribution in [0, 0.1) is 10.1 Å². The lowest BCUT2D eigenvalue weighted by Crippen LogP contribution is -2.45.